The van der Waals surface area contributed by atoms with Gasteiger partial charge in [-0.25, -0.2) is 4.79 Å². The molecule has 2 rings (SSSR count). The normalized spacial score (nSPS) is 32.2. The van der Waals surface area contributed by atoms with Crippen LogP contribution in [0.2, 0.25) is 0 Å². The van der Waals surface area contributed by atoms with E-state index in [0.29, 0.717) is 6.29 Å². The van der Waals surface area contributed by atoms with E-state index in [9.17, 15) is 24.6 Å². The first-order valence-electron chi connectivity index (χ1n) is 6.25. The topological polar surface area (TPSA) is 131 Å². The summed E-state index contributed by atoms with van der Waals surface area (Å²) in [6.45, 7) is -0.514. The SMILES string of the molecule is CO[C@@H]1[C@H](O)[C@@H](CO)O[C@@]1(CC=O)n1ccc(=O)[nH]c1=O. The molecule has 2 heterocycles. The molecular formula is C12H16N2O7. The minimum atomic E-state index is -1.63. The van der Waals surface area contributed by atoms with Crippen molar-refractivity contribution < 1.29 is 24.5 Å². The molecule has 0 spiro atoms. The number of methoxy groups -OCH3 is 1. The molecule has 116 valence electrons. The number of H-pyrrole nitrogens is 1. The van der Waals surface area contributed by atoms with Crippen LogP contribution < -0.4 is 11.2 Å². The fourth-order valence-corrected chi connectivity index (χ4v) is 2.62. The van der Waals surface area contributed by atoms with E-state index in [1.54, 1.807) is 0 Å². The Kier molecular flexibility index (Phi) is 4.37. The molecule has 0 saturated carbocycles. The summed E-state index contributed by atoms with van der Waals surface area (Å²) < 4.78 is 11.7. The Morgan fingerprint density at radius 1 is 1.57 bits per heavy atom. The van der Waals surface area contributed by atoms with Crippen LogP contribution in [0.5, 0.6) is 0 Å². The molecule has 3 N–H and O–H groups in total. The third kappa shape index (κ3) is 2.44. The third-order valence-electron chi connectivity index (χ3n) is 3.53. The average Bonchev–Trinajstić information content (AvgIpc) is 2.71. The second-order valence-electron chi connectivity index (χ2n) is 4.68. The van der Waals surface area contributed by atoms with Crippen molar-refractivity contribution in [3.63, 3.8) is 0 Å². The molecule has 0 amide bonds. The van der Waals surface area contributed by atoms with Gasteiger partial charge in [0.25, 0.3) is 5.56 Å². The van der Waals surface area contributed by atoms with Crippen molar-refractivity contribution in [1.29, 1.82) is 0 Å². The quantitative estimate of drug-likeness (QED) is 0.514. The van der Waals surface area contributed by atoms with Gasteiger partial charge in [0, 0.05) is 19.4 Å². The lowest BCUT2D eigenvalue weighted by atomic mass is 9.99. The summed E-state index contributed by atoms with van der Waals surface area (Å²) >= 11 is 0. The number of aromatic nitrogens is 2. The predicted molar refractivity (Wildman–Crippen MR) is 68.7 cm³/mol. The number of nitrogens with zero attached hydrogens (tertiary/aromatic N) is 1. The van der Waals surface area contributed by atoms with E-state index in [1.165, 1.54) is 7.11 Å². The Hall–Kier alpha value is -1.81. The molecule has 9 nitrogen and oxygen atoms in total. The zero-order valence-electron chi connectivity index (χ0n) is 11.3. The predicted octanol–water partition coefficient (Wildman–Crippen LogP) is -2.45. The molecule has 0 radical (unpaired) electrons. The van der Waals surface area contributed by atoms with Crippen LogP contribution in [0, 0.1) is 0 Å². The molecule has 0 aliphatic carbocycles. The van der Waals surface area contributed by atoms with Crippen LogP contribution in [-0.2, 0) is 20.0 Å². The molecule has 9 heteroatoms. The number of carbonyl (C=O) groups excluding carboxylic acids is 1. The van der Waals surface area contributed by atoms with Crippen LogP contribution in [0.25, 0.3) is 0 Å². The Morgan fingerprint density at radius 2 is 2.29 bits per heavy atom. The van der Waals surface area contributed by atoms with Crippen molar-refractivity contribution >= 4 is 6.29 Å². The standard InChI is InChI=1S/C12H16N2O7/c1-20-10-9(18)7(6-16)21-12(10,3-5-15)14-4-2-8(17)13-11(14)19/h2,4-5,7,9-10,16,18H,3,6H2,1H3,(H,13,17,19)/t7-,9-,10-,12-/m1/s1. The van der Waals surface area contributed by atoms with E-state index >= 15 is 0 Å². The first kappa shape index (κ1) is 15.6. The molecule has 1 aromatic rings. The van der Waals surface area contributed by atoms with Crippen molar-refractivity contribution in [2.24, 2.45) is 0 Å². The summed E-state index contributed by atoms with van der Waals surface area (Å²) in [6.07, 6.45) is -1.96. The zero-order chi connectivity index (χ0) is 15.6. The highest BCUT2D eigenvalue weighted by Crippen LogP contribution is 2.38. The summed E-state index contributed by atoms with van der Waals surface area (Å²) in [6, 6.07) is 1.09. The van der Waals surface area contributed by atoms with Crippen LogP contribution in [0.3, 0.4) is 0 Å². The molecule has 1 fully saturated rings. The van der Waals surface area contributed by atoms with E-state index < -0.39 is 41.9 Å². The maximum absolute atomic E-state index is 12.0. The Morgan fingerprint density at radius 3 is 2.81 bits per heavy atom. The van der Waals surface area contributed by atoms with Gasteiger partial charge < -0.3 is 24.5 Å². The lowest BCUT2D eigenvalue weighted by Crippen LogP contribution is -2.52. The molecule has 1 saturated heterocycles. The first-order valence-corrected chi connectivity index (χ1v) is 6.25. The molecule has 0 bridgehead atoms. The van der Waals surface area contributed by atoms with Gasteiger partial charge in [-0.3, -0.25) is 14.3 Å². The number of carbonyl (C=O) groups is 1. The van der Waals surface area contributed by atoms with Crippen LogP contribution in [0.1, 0.15) is 6.42 Å². The van der Waals surface area contributed by atoms with E-state index in [-0.39, 0.29) is 6.42 Å². The van der Waals surface area contributed by atoms with Gasteiger partial charge in [-0.1, -0.05) is 0 Å². The Balaban J connectivity index is 2.62. The van der Waals surface area contributed by atoms with E-state index in [0.717, 1.165) is 16.8 Å². The number of rotatable bonds is 5. The number of hydrogen-bond donors (Lipinski definition) is 3. The largest absolute Gasteiger partial charge is 0.394 e. The molecule has 0 unspecified atom stereocenters. The fourth-order valence-electron chi connectivity index (χ4n) is 2.62. The van der Waals surface area contributed by atoms with Gasteiger partial charge in [0.2, 0.25) is 0 Å². The van der Waals surface area contributed by atoms with Crippen molar-refractivity contribution in [1.82, 2.24) is 9.55 Å². The van der Waals surface area contributed by atoms with Crippen LogP contribution in [-0.4, -0.2) is 58.1 Å². The maximum atomic E-state index is 12.0. The van der Waals surface area contributed by atoms with Crippen LogP contribution in [0.15, 0.2) is 21.9 Å². The van der Waals surface area contributed by atoms with Gasteiger partial charge in [0.15, 0.2) is 5.72 Å². The highest BCUT2D eigenvalue weighted by Gasteiger charge is 2.56. The van der Waals surface area contributed by atoms with E-state index in [1.807, 2.05) is 4.98 Å². The molecule has 1 aromatic heterocycles. The summed E-state index contributed by atoms with van der Waals surface area (Å²) in [5.74, 6) is 0. The molecule has 21 heavy (non-hydrogen) atoms. The number of aldehydes is 1. The van der Waals surface area contributed by atoms with E-state index in [2.05, 4.69) is 0 Å². The molecule has 1 aliphatic heterocycles. The fraction of sp³-hybridized carbons (Fsp3) is 0.583. The van der Waals surface area contributed by atoms with Crippen LogP contribution >= 0.6 is 0 Å². The average molecular weight is 300 g/mol. The number of nitrogens with one attached hydrogen (secondary N) is 1. The second-order valence-corrected chi connectivity index (χ2v) is 4.68. The zero-order valence-corrected chi connectivity index (χ0v) is 11.3. The van der Waals surface area contributed by atoms with E-state index in [4.69, 9.17) is 9.47 Å². The minimum absolute atomic E-state index is 0.301. The highest BCUT2D eigenvalue weighted by atomic mass is 16.6. The van der Waals surface area contributed by atoms with Crippen molar-refractivity contribution in [2.75, 3.05) is 13.7 Å². The van der Waals surface area contributed by atoms with Gasteiger partial charge in [-0.15, -0.1) is 0 Å². The highest BCUT2D eigenvalue weighted by molar-refractivity contribution is 5.51. The summed E-state index contributed by atoms with van der Waals surface area (Å²) in [5.41, 5.74) is -3.05. The molecular weight excluding hydrogens is 284 g/mol. The molecule has 0 aromatic carbocycles. The summed E-state index contributed by atoms with van der Waals surface area (Å²) in [5, 5.41) is 19.3. The smallest absolute Gasteiger partial charge is 0.330 e. The van der Waals surface area contributed by atoms with Crippen molar-refractivity contribution in [3.8, 4) is 0 Å². The van der Waals surface area contributed by atoms with Crippen molar-refractivity contribution in [3.05, 3.63) is 33.1 Å². The Bertz CT molecular complexity index is 625. The van der Waals surface area contributed by atoms with Gasteiger partial charge in [0.05, 0.1) is 13.0 Å². The molecule has 4 atom stereocenters. The van der Waals surface area contributed by atoms with Crippen LogP contribution in [0.4, 0.5) is 0 Å². The third-order valence-corrected chi connectivity index (χ3v) is 3.53. The number of aliphatic hydroxyl groups is 2. The maximum Gasteiger partial charge on any atom is 0.330 e. The first-order chi connectivity index (χ1) is 10.00. The number of hydrogen-bond acceptors (Lipinski definition) is 7. The summed E-state index contributed by atoms with van der Waals surface area (Å²) in [7, 11) is 1.28. The Labute approximate surface area is 118 Å². The van der Waals surface area contributed by atoms with Gasteiger partial charge in [-0.05, 0) is 0 Å². The number of aliphatic hydroxyl groups excluding tert-OH is 2. The molecule has 1 aliphatic rings. The number of aromatic amines is 1. The minimum Gasteiger partial charge on any atom is -0.394 e. The number of ether oxygens (including phenoxy) is 2. The van der Waals surface area contributed by atoms with Gasteiger partial charge in [0.1, 0.15) is 24.6 Å². The summed E-state index contributed by atoms with van der Waals surface area (Å²) in [4.78, 5) is 36.2. The van der Waals surface area contributed by atoms with Gasteiger partial charge >= 0.3 is 5.69 Å². The van der Waals surface area contributed by atoms with Gasteiger partial charge in [-0.2, -0.15) is 0 Å². The monoisotopic (exact) mass is 300 g/mol. The van der Waals surface area contributed by atoms with Crippen molar-refractivity contribution in [2.45, 2.75) is 30.5 Å². The lowest BCUT2D eigenvalue weighted by Gasteiger charge is -2.33. The second kappa shape index (κ2) is 5.90. The lowest BCUT2D eigenvalue weighted by molar-refractivity contribution is -0.164.